The van der Waals surface area contributed by atoms with Crippen molar-refractivity contribution in [3.63, 3.8) is 0 Å². The number of likely N-dealkylation sites (N-methyl/N-ethyl adjacent to an activating group) is 1. The van der Waals surface area contributed by atoms with Crippen LogP contribution in [0, 0.1) is 0 Å². The van der Waals surface area contributed by atoms with Crippen molar-refractivity contribution in [1.82, 2.24) is 14.9 Å². The van der Waals surface area contributed by atoms with Gasteiger partial charge in [-0.1, -0.05) is 0 Å². The first-order valence-electron chi connectivity index (χ1n) is 4.38. The minimum Gasteiger partial charge on any atom is -0.480 e. The molecule has 8 nitrogen and oxygen atoms in total. The number of amides is 2. The topological polar surface area (TPSA) is 116 Å². The van der Waals surface area contributed by atoms with Crippen LogP contribution in [0.2, 0.25) is 0 Å². The summed E-state index contributed by atoms with van der Waals surface area (Å²) in [6.45, 7) is -0.257. The summed E-state index contributed by atoms with van der Waals surface area (Å²) in [6, 6.07) is -0.572. The van der Waals surface area contributed by atoms with E-state index >= 15 is 0 Å². The van der Waals surface area contributed by atoms with Gasteiger partial charge >= 0.3 is 12.0 Å². The Kier molecular flexibility index (Phi) is 5.75. The van der Waals surface area contributed by atoms with Gasteiger partial charge in [0.05, 0.1) is 6.26 Å². The van der Waals surface area contributed by atoms with Crippen LogP contribution in [-0.2, 0) is 14.8 Å². The number of hydrogen-bond donors (Lipinski definition) is 3. The highest BCUT2D eigenvalue weighted by Crippen LogP contribution is 1.83. The molecule has 0 rings (SSSR count). The molecule has 2 amide bonds. The van der Waals surface area contributed by atoms with Gasteiger partial charge in [-0.05, 0) is 0 Å². The van der Waals surface area contributed by atoms with Crippen molar-refractivity contribution in [1.29, 1.82) is 0 Å². The molecule has 0 spiro atoms. The summed E-state index contributed by atoms with van der Waals surface area (Å²) < 4.78 is 23.5. The van der Waals surface area contributed by atoms with Crippen molar-refractivity contribution >= 4 is 22.0 Å². The Hall–Kier alpha value is -1.35. The quantitative estimate of drug-likeness (QED) is 0.486. The second-order valence-electron chi connectivity index (χ2n) is 3.15. The van der Waals surface area contributed by atoms with E-state index in [1.54, 1.807) is 0 Å². The molecule has 0 aliphatic heterocycles. The van der Waals surface area contributed by atoms with Gasteiger partial charge in [-0.2, -0.15) is 0 Å². The Morgan fingerprint density at radius 2 is 1.88 bits per heavy atom. The summed E-state index contributed by atoms with van der Waals surface area (Å²) in [7, 11) is -1.94. The van der Waals surface area contributed by atoms with Crippen LogP contribution in [0.5, 0.6) is 0 Å². The molecule has 3 N–H and O–H groups in total. The van der Waals surface area contributed by atoms with E-state index in [-0.39, 0.29) is 13.1 Å². The van der Waals surface area contributed by atoms with Gasteiger partial charge in [0.1, 0.15) is 6.54 Å². The van der Waals surface area contributed by atoms with Crippen molar-refractivity contribution in [3.05, 3.63) is 0 Å². The minimum absolute atomic E-state index is 0.0610. The maximum atomic E-state index is 11.2. The van der Waals surface area contributed by atoms with E-state index in [0.29, 0.717) is 0 Å². The molecular weight excluding hydrogens is 238 g/mol. The SMILES string of the molecule is CN(CC(=O)O)C(=O)NCCNS(C)(=O)=O. The van der Waals surface area contributed by atoms with Crippen molar-refractivity contribution < 1.29 is 23.1 Å². The van der Waals surface area contributed by atoms with Crippen molar-refractivity contribution in [2.75, 3.05) is 32.9 Å². The normalized spacial score (nSPS) is 10.9. The van der Waals surface area contributed by atoms with Gasteiger partial charge in [0.15, 0.2) is 0 Å². The Balaban J connectivity index is 3.77. The van der Waals surface area contributed by atoms with Crippen molar-refractivity contribution in [2.24, 2.45) is 0 Å². The van der Waals surface area contributed by atoms with E-state index in [1.807, 2.05) is 0 Å². The second-order valence-corrected chi connectivity index (χ2v) is 4.98. The number of aliphatic carboxylic acids is 1. The lowest BCUT2D eigenvalue weighted by Gasteiger charge is -2.15. The fourth-order valence-corrected chi connectivity index (χ4v) is 1.29. The van der Waals surface area contributed by atoms with E-state index in [0.717, 1.165) is 11.2 Å². The number of rotatable bonds is 6. The molecule has 0 bridgehead atoms. The van der Waals surface area contributed by atoms with E-state index < -0.39 is 28.6 Å². The molecule has 9 heteroatoms. The number of urea groups is 1. The smallest absolute Gasteiger partial charge is 0.323 e. The molecule has 0 radical (unpaired) electrons. The molecule has 94 valence electrons. The van der Waals surface area contributed by atoms with Gasteiger partial charge in [-0.15, -0.1) is 0 Å². The highest BCUT2D eigenvalue weighted by molar-refractivity contribution is 7.88. The van der Waals surface area contributed by atoms with E-state index in [4.69, 9.17) is 5.11 Å². The highest BCUT2D eigenvalue weighted by Gasteiger charge is 2.10. The summed E-state index contributed by atoms with van der Waals surface area (Å²) in [5.41, 5.74) is 0. The molecule has 0 saturated heterocycles. The van der Waals surface area contributed by atoms with Gasteiger partial charge < -0.3 is 15.3 Å². The number of carbonyl (C=O) groups is 2. The molecule has 0 saturated carbocycles. The summed E-state index contributed by atoms with van der Waals surface area (Å²) in [4.78, 5) is 22.4. The Bertz CT molecular complexity index is 353. The molecule has 0 aliphatic rings. The van der Waals surface area contributed by atoms with Crippen molar-refractivity contribution in [2.45, 2.75) is 0 Å². The third-order valence-electron chi connectivity index (χ3n) is 1.48. The fourth-order valence-electron chi connectivity index (χ4n) is 0.816. The Morgan fingerprint density at radius 3 is 2.31 bits per heavy atom. The minimum atomic E-state index is -3.27. The molecule has 0 atom stereocenters. The number of hydrogen-bond acceptors (Lipinski definition) is 4. The molecule has 0 fully saturated rings. The zero-order valence-corrected chi connectivity index (χ0v) is 9.87. The Morgan fingerprint density at radius 1 is 1.31 bits per heavy atom. The molecule has 0 heterocycles. The summed E-state index contributed by atoms with van der Waals surface area (Å²) in [5, 5.41) is 10.8. The van der Waals surface area contributed by atoms with Crippen LogP contribution in [0.1, 0.15) is 0 Å². The zero-order chi connectivity index (χ0) is 12.8. The van der Waals surface area contributed by atoms with Gasteiger partial charge in [0.2, 0.25) is 10.0 Å². The predicted octanol–water partition coefficient (Wildman–Crippen LogP) is -1.74. The lowest BCUT2D eigenvalue weighted by atomic mass is 10.5. The first-order valence-corrected chi connectivity index (χ1v) is 6.27. The van der Waals surface area contributed by atoms with Crippen molar-refractivity contribution in [3.8, 4) is 0 Å². The molecule has 0 aromatic carbocycles. The van der Waals surface area contributed by atoms with Crippen LogP contribution >= 0.6 is 0 Å². The lowest BCUT2D eigenvalue weighted by Crippen LogP contribution is -2.42. The van der Waals surface area contributed by atoms with E-state index in [2.05, 4.69) is 10.0 Å². The van der Waals surface area contributed by atoms with Crippen LogP contribution in [0.4, 0.5) is 4.79 Å². The maximum absolute atomic E-state index is 11.2. The fraction of sp³-hybridized carbons (Fsp3) is 0.714. The van der Waals surface area contributed by atoms with Gasteiger partial charge in [0, 0.05) is 20.1 Å². The first kappa shape index (κ1) is 14.6. The molecule has 0 aromatic rings. The number of sulfonamides is 1. The largest absolute Gasteiger partial charge is 0.480 e. The van der Waals surface area contributed by atoms with Crippen LogP contribution in [0.15, 0.2) is 0 Å². The summed E-state index contributed by atoms with van der Waals surface area (Å²) in [5.74, 6) is -1.12. The first-order chi connectivity index (χ1) is 7.22. The number of carboxylic acid groups (broad SMARTS) is 1. The van der Waals surface area contributed by atoms with E-state index in [9.17, 15) is 18.0 Å². The van der Waals surface area contributed by atoms with Crippen LogP contribution in [0.25, 0.3) is 0 Å². The number of nitrogens with one attached hydrogen (secondary N) is 2. The number of carbonyl (C=O) groups excluding carboxylic acids is 1. The monoisotopic (exact) mass is 253 g/mol. The third kappa shape index (κ3) is 8.00. The summed E-state index contributed by atoms with van der Waals surface area (Å²) in [6.07, 6.45) is 1.01. The third-order valence-corrected chi connectivity index (χ3v) is 2.21. The molecule has 0 aliphatic carbocycles. The number of carboxylic acids is 1. The van der Waals surface area contributed by atoms with Gasteiger partial charge in [-0.25, -0.2) is 17.9 Å². The van der Waals surface area contributed by atoms with E-state index in [1.165, 1.54) is 7.05 Å². The number of nitrogens with zero attached hydrogens (tertiary/aromatic N) is 1. The molecule has 0 unspecified atom stereocenters. The average Bonchev–Trinajstić information content (AvgIpc) is 2.09. The van der Waals surface area contributed by atoms with Gasteiger partial charge in [0.25, 0.3) is 0 Å². The molecular formula is C7H15N3O5S. The predicted molar refractivity (Wildman–Crippen MR) is 56.5 cm³/mol. The van der Waals surface area contributed by atoms with Crippen LogP contribution < -0.4 is 10.0 Å². The Labute approximate surface area is 93.7 Å². The van der Waals surface area contributed by atoms with Crippen LogP contribution in [0.3, 0.4) is 0 Å². The summed E-state index contributed by atoms with van der Waals surface area (Å²) >= 11 is 0. The average molecular weight is 253 g/mol. The maximum Gasteiger partial charge on any atom is 0.323 e. The standard InChI is InChI=1S/C7H15N3O5S/c1-10(5-6(11)12)7(13)8-3-4-9-16(2,14)15/h9H,3-5H2,1-2H3,(H,8,13)(H,11,12). The lowest BCUT2D eigenvalue weighted by molar-refractivity contribution is -0.137. The van der Waals surface area contributed by atoms with Crippen LogP contribution in [-0.4, -0.2) is 63.4 Å². The molecule has 16 heavy (non-hydrogen) atoms. The van der Waals surface area contributed by atoms with Gasteiger partial charge in [-0.3, -0.25) is 4.79 Å². The highest BCUT2D eigenvalue weighted by atomic mass is 32.2. The molecule has 0 aromatic heterocycles. The second kappa shape index (κ2) is 6.28. The zero-order valence-electron chi connectivity index (χ0n) is 9.06.